The minimum absolute atomic E-state index is 0.563. The van der Waals surface area contributed by atoms with E-state index in [4.69, 9.17) is 9.84 Å². The predicted molar refractivity (Wildman–Crippen MR) is 69.2 cm³/mol. The lowest BCUT2D eigenvalue weighted by atomic mass is 9.88. The van der Waals surface area contributed by atoms with Crippen LogP contribution in [-0.2, 0) is 19.1 Å². The smallest absolute Gasteiger partial charge is 0.366 e. The van der Waals surface area contributed by atoms with E-state index in [0.29, 0.717) is 0 Å². The normalized spacial score (nSPS) is 34.6. The Bertz CT molecular complexity index is 417. The van der Waals surface area contributed by atoms with Crippen LogP contribution in [0.1, 0.15) is 13.3 Å². The van der Waals surface area contributed by atoms with E-state index in [0.717, 1.165) is 14.0 Å². The Hall–Kier alpha value is -1.30. The molecule has 1 aliphatic heterocycles. The van der Waals surface area contributed by atoms with Crippen molar-refractivity contribution < 1.29 is 44.6 Å². The van der Waals surface area contributed by atoms with Gasteiger partial charge in [0.05, 0.1) is 25.9 Å². The van der Waals surface area contributed by atoms with Gasteiger partial charge in [0.2, 0.25) is 5.91 Å². The Labute approximate surface area is 126 Å². The molecule has 10 heteroatoms. The fourth-order valence-corrected chi connectivity index (χ4v) is 2.29. The molecular formula is C12H21NO9. The second kappa shape index (κ2) is 7.31. The summed E-state index contributed by atoms with van der Waals surface area (Å²) in [7, 11) is 0.990. The van der Waals surface area contributed by atoms with Crippen LogP contribution in [0.3, 0.4) is 0 Å². The van der Waals surface area contributed by atoms with Gasteiger partial charge in [0.15, 0.2) is 0 Å². The van der Waals surface area contributed by atoms with E-state index in [2.05, 4.69) is 10.1 Å². The predicted octanol–water partition coefficient (Wildman–Crippen LogP) is -3.78. The lowest BCUT2D eigenvalue weighted by Gasteiger charge is -2.45. The van der Waals surface area contributed by atoms with Crippen LogP contribution in [0.5, 0.6) is 0 Å². The molecule has 0 saturated carbocycles. The van der Waals surface area contributed by atoms with E-state index in [1.807, 2.05) is 0 Å². The number of amides is 1. The molecule has 1 heterocycles. The number of carbonyl (C=O) groups excluding carboxylic acids is 2. The first-order valence-corrected chi connectivity index (χ1v) is 6.57. The maximum absolute atomic E-state index is 11.6. The molecule has 10 nitrogen and oxygen atoms in total. The zero-order valence-corrected chi connectivity index (χ0v) is 12.2. The Balaban J connectivity index is 3.09. The molecule has 0 spiro atoms. The Kier molecular flexibility index (Phi) is 6.23. The molecule has 1 aliphatic rings. The van der Waals surface area contributed by atoms with E-state index in [1.165, 1.54) is 0 Å². The van der Waals surface area contributed by atoms with Gasteiger partial charge in [0.1, 0.15) is 18.3 Å². The molecule has 6 N–H and O–H groups in total. The molecule has 1 rings (SSSR count). The van der Waals surface area contributed by atoms with Gasteiger partial charge in [-0.05, 0) is 0 Å². The number of carbonyl (C=O) groups is 2. The Morgan fingerprint density at radius 1 is 1.45 bits per heavy atom. The number of hydrogen-bond donors (Lipinski definition) is 6. The van der Waals surface area contributed by atoms with E-state index < -0.39 is 61.1 Å². The third-order valence-corrected chi connectivity index (χ3v) is 3.38. The number of rotatable bonds is 5. The van der Waals surface area contributed by atoms with Crippen LogP contribution >= 0.6 is 0 Å². The third kappa shape index (κ3) is 3.91. The number of esters is 1. The largest absolute Gasteiger partial charge is 0.465 e. The van der Waals surface area contributed by atoms with Gasteiger partial charge in [0.25, 0.3) is 5.79 Å². The van der Waals surface area contributed by atoms with Crippen LogP contribution in [0.15, 0.2) is 0 Å². The molecule has 1 saturated heterocycles. The van der Waals surface area contributed by atoms with Gasteiger partial charge in [0, 0.05) is 13.3 Å². The minimum atomic E-state index is -2.55. The molecule has 0 bridgehead atoms. The Morgan fingerprint density at radius 3 is 2.50 bits per heavy atom. The zero-order valence-electron chi connectivity index (χ0n) is 12.2. The summed E-state index contributed by atoms with van der Waals surface area (Å²) in [4.78, 5) is 22.8. The summed E-state index contributed by atoms with van der Waals surface area (Å²) in [5.74, 6) is -4.32. The summed E-state index contributed by atoms with van der Waals surface area (Å²) in [6.45, 7) is 0.320. The number of nitrogens with one attached hydrogen (secondary N) is 1. The first kappa shape index (κ1) is 18.7. The number of ether oxygens (including phenoxy) is 2. The average Bonchev–Trinajstić information content (AvgIpc) is 2.46. The third-order valence-electron chi connectivity index (χ3n) is 3.38. The van der Waals surface area contributed by atoms with E-state index in [-0.39, 0.29) is 0 Å². The minimum Gasteiger partial charge on any atom is -0.465 e. The highest BCUT2D eigenvalue weighted by atomic mass is 16.7. The van der Waals surface area contributed by atoms with Crippen molar-refractivity contribution in [1.82, 2.24) is 5.32 Å². The van der Waals surface area contributed by atoms with Gasteiger partial charge in [-0.15, -0.1) is 0 Å². The molecular weight excluding hydrogens is 302 g/mol. The van der Waals surface area contributed by atoms with Crippen molar-refractivity contribution in [3.05, 3.63) is 0 Å². The van der Waals surface area contributed by atoms with Crippen molar-refractivity contribution in [2.75, 3.05) is 13.7 Å². The summed E-state index contributed by atoms with van der Waals surface area (Å²) in [5, 5.41) is 50.8. The molecule has 6 atom stereocenters. The van der Waals surface area contributed by atoms with Crippen LogP contribution in [0.25, 0.3) is 0 Å². The quantitative estimate of drug-likeness (QED) is 0.278. The van der Waals surface area contributed by atoms with E-state index >= 15 is 0 Å². The van der Waals surface area contributed by atoms with Crippen LogP contribution in [0.4, 0.5) is 0 Å². The number of aliphatic hydroxyl groups excluding tert-OH is 4. The molecule has 0 aromatic heterocycles. The summed E-state index contributed by atoms with van der Waals surface area (Å²) in [5.41, 5.74) is 0. The maximum Gasteiger partial charge on any atom is 0.366 e. The van der Waals surface area contributed by atoms with Gasteiger partial charge < -0.3 is 40.3 Å². The van der Waals surface area contributed by atoms with E-state index in [9.17, 15) is 30.0 Å². The summed E-state index contributed by atoms with van der Waals surface area (Å²) in [6.07, 6.45) is -7.09. The highest BCUT2D eigenvalue weighted by Gasteiger charge is 2.54. The van der Waals surface area contributed by atoms with Gasteiger partial charge in [-0.1, -0.05) is 0 Å². The van der Waals surface area contributed by atoms with Crippen LogP contribution in [0, 0.1) is 0 Å². The van der Waals surface area contributed by atoms with Gasteiger partial charge in [-0.3, -0.25) is 4.79 Å². The highest BCUT2D eigenvalue weighted by molar-refractivity contribution is 5.78. The van der Waals surface area contributed by atoms with Crippen LogP contribution in [0.2, 0.25) is 0 Å². The fourth-order valence-electron chi connectivity index (χ4n) is 2.29. The van der Waals surface area contributed by atoms with E-state index in [1.54, 1.807) is 0 Å². The number of methoxy groups -OCH3 is 1. The standard InChI is InChI=1S/C12H21NO9/c1-5(15)13-8-6(16)3-12(20,11(19)21-2)22-10(8)9(18)7(17)4-14/h6-10,14,16-18,20H,3-4H2,1-2H3,(H,13,15)/t6-,7+,8-,9+,10?,12-/m0/s1. The SMILES string of the molecule is COC(=O)[C@]1(O)C[C@H](O)[C@H](NC(C)=O)C([C@H](O)[C@H](O)CO)O1. The highest BCUT2D eigenvalue weighted by Crippen LogP contribution is 2.31. The van der Waals surface area contributed by atoms with Crippen LogP contribution in [-0.4, -0.2) is 87.4 Å². The molecule has 0 aromatic carbocycles. The monoisotopic (exact) mass is 323 g/mol. The summed E-state index contributed by atoms with van der Waals surface area (Å²) < 4.78 is 9.45. The molecule has 1 unspecified atom stereocenters. The van der Waals surface area contributed by atoms with Gasteiger partial charge in [-0.2, -0.15) is 0 Å². The molecule has 1 amide bonds. The summed E-state index contributed by atoms with van der Waals surface area (Å²) in [6, 6.07) is -1.21. The Morgan fingerprint density at radius 2 is 2.05 bits per heavy atom. The molecule has 0 aromatic rings. The molecule has 1 fully saturated rings. The zero-order chi connectivity index (χ0) is 17.1. The van der Waals surface area contributed by atoms with Crippen LogP contribution < -0.4 is 5.32 Å². The topological polar surface area (TPSA) is 166 Å². The van der Waals surface area contributed by atoms with Crippen molar-refractivity contribution in [2.24, 2.45) is 0 Å². The lowest BCUT2D eigenvalue weighted by Crippen LogP contribution is -2.67. The summed E-state index contributed by atoms with van der Waals surface area (Å²) >= 11 is 0. The van der Waals surface area contributed by atoms with Crippen molar-refractivity contribution in [2.45, 2.75) is 49.6 Å². The fraction of sp³-hybridized carbons (Fsp3) is 0.833. The molecule has 128 valence electrons. The maximum atomic E-state index is 11.6. The first-order chi connectivity index (χ1) is 10.2. The lowest BCUT2D eigenvalue weighted by molar-refractivity contribution is -0.296. The average molecular weight is 323 g/mol. The van der Waals surface area contributed by atoms with Gasteiger partial charge >= 0.3 is 5.97 Å². The molecule has 0 radical (unpaired) electrons. The first-order valence-electron chi connectivity index (χ1n) is 6.57. The van der Waals surface area contributed by atoms with Crippen molar-refractivity contribution in [3.63, 3.8) is 0 Å². The van der Waals surface area contributed by atoms with Gasteiger partial charge in [-0.25, -0.2) is 4.79 Å². The number of hydrogen-bond acceptors (Lipinski definition) is 9. The van der Waals surface area contributed by atoms with Crippen molar-refractivity contribution in [3.8, 4) is 0 Å². The van der Waals surface area contributed by atoms with Crippen molar-refractivity contribution >= 4 is 11.9 Å². The second-order valence-electron chi connectivity index (χ2n) is 5.10. The second-order valence-corrected chi connectivity index (χ2v) is 5.10. The van der Waals surface area contributed by atoms with Crippen molar-refractivity contribution in [1.29, 1.82) is 0 Å². The number of aliphatic hydroxyl groups is 5. The molecule has 0 aliphatic carbocycles. The molecule has 22 heavy (non-hydrogen) atoms.